The molecule has 0 bridgehead atoms. The van der Waals surface area contributed by atoms with Crippen molar-refractivity contribution < 1.29 is 9.69 Å². The van der Waals surface area contributed by atoms with E-state index in [0.29, 0.717) is 11.7 Å². The van der Waals surface area contributed by atoms with Gasteiger partial charge < -0.3 is 4.90 Å². The van der Waals surface area contributed by atoms with E-state index in [4.69, 9.17) is 0 Å². The van der Waals surface area contributed by atoms with Crippen LogP contribution in [0.2, 0.25) is 0 Å². The largest absolute Gasteiger partial charge is 0.329 e. The Hall–Kier alpha value is -0.370. The van der Waals surface area contributed by atoms with Gasteiger partial charge in [-0.1, -0.05) is 6.92 Å². The first-order valence-electron chi connectivity index (χ1n) is 3.96. The van der Waals surface area contributed by atoms with Gasteiger partial charge in [0.1, 0.15) is 6.04 Å². The Labute approximate surface area is 62.2 Å². The molecule has 0 aliphatic carbocycles. The second kappa shape index (κ2) is 2.70. The van der Waals surface area contributed by atoms with Gasteiger partial charge >= 0.3 is 0 Å². The zero-order valence-corrected chi connectivity index (χ0v) is 6.98. The van der Waals surface area contributed by atoms with Gasteiger partial charge in [0.2, 0.25) is 0 Å². The molecule has 1 heterocycles. The van der Waals surface area contributed by atoms with Crippen LogP contribution in [0.1, 0.15) is 20.3 Å². The number of Topliss-reactive ketones (excluding diaryl/α,β-unsaturated/α-hetero) is 1. The van der Waals surface area contributed by atoms with Gasteiger partial charge in [0.25, 0.3) is 0 Å². The van der Waals surface area contributed by atoms with Crippen molar-refractivity contribution in [1.29, 1.82) is 0 Å². The Bertz CT molecular complexity index is 144. The van der Waals surface area contributed by atoms with Crippen LogP contribution < -0.4 is 4.90 Å². The van der Waals surface area contributed by atoms with Crippen molar-refractivity contribution in [3.63, 3.8) is 0 Å². The maximum Gasteiger partial charge on any atom is 0.190 e. The maximum atomic E-state index is 11.2. The predicted molar refractivity (Wildman–Crippen MR) is 40.0 cm³/mol. The number of ketones is 1. The molecular weight excluding hydrogens is 126 g/mol. The summed E-state index contributed by atoms with van der Waals surface area (Å²) in [5.74, 6) is 1.01. The first-order chi connectivity index (χ1) is 4.61. The van der Waals surface area contributed by atoms with Crippen molar-refractivity contribution in [3.8, 4) is 0 Å². The van der Waals surface area contributed by atoms with Crippen molar-refractivity contribution in [2.75, 3.05) is 13.6 Å². The number of likely N-dealkylation sites (tertiary alicyclic amines) is 1. The highest BCUT2D eigenvalue weighted by Crippen LogP contribution is 2.05. The quantitative estimate of drug-likeness (QED) is 0.484. The molecule has 0 aromatic carbocycles. The van der Waals surface area contributed by atoms with E-state index in [0.717, 1.165) is 13.0 Å². The maximum absolute atomic E-state index is 11.2. The Kier molecular flexibility index (Phi) is 2.09. The number of quaternary nitrogens is 1. The van der Waals surface area contributed by atoms with E-state index >= 15 is 0 Å². The highest BCUT2D eigenvalue weighted by molar-refractivity contribution is 5.82. The molecule has 0 aromatic heterocycles. The minimum absolute atomic E-state index is 0.233. The number of carbonyl (C=O) groups excluding carboxylic acids is 1. The van der Waals surface area contributed by atoms with Gasteiger partial charge in [0.15, 0.2) is 5.78 Å². The molecule has 3 atom stereocenters. The number of hydrogen-bond donors (Lipinski definition) is 1. The number of piperidine rings is 1. The molecule has 1 aliphatic heterocycles. The lowest BCUT2D eigenvalue weighted by atomic mass is 9.94. The molecule has 0 saturated carbocycles. The molecule has 0 amide bonds. The number of hydrogen-bond acceptors (Lipinski definition) is 1. The van der Waals surface area contributed by atoms with Crippen molar-refractivity contribution in [2.24, 2.45) is 5.92 Å². The van der Waals surface area contributed by atoms with Gasteiger partial charge in [0.05, 0.1) is 13.6 Å². The van der Waals surface area contributed by atoms with E-state index in [1.165, 1.54) is 4.90 Å². The van der Waals surface area contributed by atoms with Crippen molar-refractivity contribution in [2.45, 2.75) is 26.3 Å². The van der Waals surface area contributed by atoms with E-state index in [1.54, 1.807) is 0 Å². The minimum atomic E-state index is 0.233. The third-order valence-corrected chi connectivity index (χ3v) is 2.44. The van der Waals surface area contributed by atoms with Crippen LogP contribution in [0.4, 0.5) is 0 Å². The van der Waals surface area contributed by atoms with E-state index in [2.05, 4.69) is 14.0 Å². The SMILES string of the molecule is C[C@@H]1CC(=O)[C@H](C)[NH+](C)C1. The van der Waals surface area contributed by atoms with E-state index < -0.39 is 0 Å². The standard InChI is InChI=1S/C8H15NO/c1-6-4-8(10)7(2)9(3)5-6/h6-7H,4-5H2,1-3H3/p+1/t6-,7+/m1/s1. The summed E-state index contributed by atoms with van der Waals surface area (Å²) in [4.78, 5) is 12.6. The van der Waals surface area contributed by atoms with Crippen LogP contribution in [-0.2, 0) is 4.79 Å². The Balaban J connectivity index is 2.57. The molecule has 0 aromatic rings. The van der Waals surface area contributed by atoms with E-state index in [-0.39, 0.29) is 6.04 Å². The zero-order valence-electron chi connectivity index (χ0n) is 6.98. The summed E-state index contributed by atoms with van der Waals surface area (Å²) in [5, 5.41) is 0. The topological polar surface area (TPSA) is 21.5 Å². The highest BCUT2D eigenvalue weighted by atomic mass is 16.1. The molecule has 1 saturated heterocycles. The predicted octanol–water partition coefficient (Wildman–Crippen LogP) is -0.501. The van der Waals surface area contributed by atoms with Crippen LogP contribution in [0.15, 0.2) is 0 Å². The third-order valence-electron chi connectivity index (χ3n) is 2.44. The molecule has 1 fully saturated rings. The van der Waals surface area contributed by atoms with Crippen molar-refractivity contribution >= 4 is 5.78 Å². The summed E-state index contributed by atoms with van der Waals surface area (Å²) >= 11 is 0. The molecule has 1 unspecified atom stereocenters. The third kappa shape index (κ3) is 1.37. The lowest BCUT2D eigenvalue weighted by molar-refractivity contribution is -0.900. The summed E-state index contributed by atoms with van der Waals surface area (Å²) < 4.78 is 0. The minimum Gasteiger partial charge on any atom is -0.329 e. The average molecular weight is 142 g/mol. The zero-order chi connectivity index (χ0) is 7.72. The first-order valence-corrected chi connectivity index (χ1v) is 3.96. The van der Waals surface area contributed by atoms with Crippen molar-refractivity contribution in [3.05, 3.63) is 0 Å². The van der Waals surface area contributed by atoms with Crippen LogP contribution in [0, 0.1) is 5.92 Å². The summed E-state index contributed by atoms with van der Waals surface area (Å²) in [6.45, 7) is 5.31. The molecule has 58 valence electrons. The Morgan fingerprint density at radius 2 is 2.10 bits per heavy atom. The van der Waals surface area contributed by atoms with Gasteiger partial charge in [0, 0.05) is 12.3 Å². The Morgan fingerprint density at radius 3 is 2.60 bits per heavy atom. The molecule has 2 heteroatoms. The van der Waals surface area contributed by atoms with Gasteiger partial charge in [-0.15, -0.1) is 0 Å². The van der Waals surface area contributed by atoms with Gasteiger partial charge in [-0.05, 0) is 6.92 Å². The van der Waals surface area contributed by atoms with Gasteiger partial charge in [-0.2, -0.15) is 0 Å². The molecule has 10 heavy (non-hydrogen) atoms. The second-order valence-corrected chi connectivity index (χ2v) is 3.55. The monoisotopic (exact) mass is 142 g/mol. The summed E-state index contributed by atoms with van der Waals surface area (Å²) in [6, 6.07) is 0.233. The molecule has 1 N–H and O–H groups in total. The average Bonchev–Trinajstić information content (AvgIpc) is 1.82. The molecular formula is C8H16NO+. The molecule has 0 radical (unpaired) electrons. The van der Waals surface area contributed by atoms with Gasteiger partial charge in [-0.25, -0.2) is 0 Å². The summed E-state index contributed by atoms with van der Waals surface area (Å²) in [5.41, 5.74) is 0. The number of rotatable bonds is 0. The van der Waals surface area contributed by atoms with Crippen LogP contribution in [0.25, 0.3) is 0 Å². The number of nitrogens with one attached hydrogen (secondary N) is 1. The lowest BCUT2D eigenvalue weighted by Crippen LogP contribution is -3.15. The summed E-state index contributed by atoms with van der Waals surface area (Å²) in [7, 11) is 2.10. The van der Waals surface area contributed by atoms with Crippen LogP contribution in [0.5, 0.6) is 0 Å². The second-order valence-electron chi connectivity index (χ2n) is 3.55. The fraction of sp³-hybridized carbons (Fsp3) is 0.875. The highest BCUT2D eigenvalue weighted by Gasteiger charge is 2.30. The number of carbonyl (C=O) groups is 1. The van der Waals surface area contributed by atoms with Crippen LogP contribution >= 0.6 is 0 Å². The normalized spacial score (nSPS) is 41.9. The van der Waals surface area contributed by atoms with E-state index in [1.807, 2.05) is 6.92 Å². The van der Waals surface area contributed by atoms with Crippen LogP contribution in [0.3, 0.4) is 0 Å². The Morgan fingerprint density at radius 1 is 1.50 bits per heavy atom. The molecule has 1 rings (SSSR count). The molecule has 2 nitrogen and oxygen atoms in total. The molecule has 1 aliphatic rings. The van der Waals surface area contributed by atoms with Crippen molar-refractivity contribution in [1.82, 2.24) is 0 Å². The molecule has 0 spiro atoms. The lowest BCUT2D eigenvalue weighted by Gasteiger charge is -2.28. The first kappa shape index (κ1) is 7.73. The summed E-state index contributed by atoms with van der Waals surface area (Å²) in [6.07, 6.45) is 0.790. The van der Waals surface area contributed by atoms with Gasteiger partial charge in [-0.3, -0.25) is 4.79 Å². The fourth-order valence-corrected chi connectivity index (χ4v) is 1.59. The van der Waals surface area contributed by atoms with E-state index in [9.17, 15) is 4.79 Å². The number of likely N-dealkylation sites (N-methyl/N-ethyl adjacent to an activating group) is 1. The smallest absolute Gasteiger partial charge is 0.190 e. The fourth-order valence-electron chi connectivity index (χ4n) is 1.59. The van der Waals surface area contributed by atoms with Crippen LogP contribution in [-0.4, -0.2) is 25.4 Å².